The molecular formula is C20H15FN6O3. The number of benzene rings is 2. The van der Waals surface area contributed by atoms with Crippen LogP contribution in [-0.4, -0.2) is 31.7 Å². The van der Waals surface area contributed by atoms with Gasteiger partial charge in [0.05, 0.1) is 11.9 Å². The highest BCUT2D eigenvalue weighted by Gasteiger charge is 2.19. The van der Waals surface area contributed by atoms with Gasteiger partial charge < -0.3 is 4.52 Å². The first-order chi connectivity index (χ1) is 14.5. The smallest absolute Gasteiger partial charge is 0.296 e. The second-order valence-corrected chi connectivity index (χ2v) is 6.25. The van der Waals surface area contributed by atoms with Crippen LogP contribution in [-0.2, 0) is 0 Å². The summed E-state index contributed by atoms with van der Waals surface area (Å²) in [5.74, 6) is -1.70. The van der Waals surface area contributed by atoms with Crippen LogP contribution in [0.25, 0.3) is 5.69 Å². The zero-order chi connectivity index (χ0) is 21.1. The minimum absolute atomic E-state index is 0.0397. The molecule has 0 spiro atoms. The topological polar surface area (TPSA) is 115 Å². The zero-order valence-electron chi connectivity index (χ0n) is 15.7. The Kier molecular flexibility index (Phi) is 5.04. The lowest BCUT2D eigenvalue weighted by molar-refractivity contribution is 0.0985. The van der Waals surface area contributed by atoms with Gasteiger partial charge in [0, 0.05) is 11.6 Å². The van der Waals surface area contributed by atoms with Crippen LogP contribution in [0.15, 0.2) is 65.3 Å². The fourth-order valence-corrected chi connectivity index (χ4v) is 2.73. The summed E-state index contributed by atoms with van der Waals surface area (Å²) in [6, 6.07) is 14.0. The molecule has 0 aliphatic heterocycles. The summed E-state index contributed by atoms with van der Waals surface area (Å²) in [6.07, 6.45) is 1.32. The average molecular weight is 406 g/mol. The molecule has 0 atom stereocenters. The Bertz CT molecular complexity index is 1220. The van der Waals surface area contributed by atoms with Gasteiger partial charge in [-0.05, 0) is 36.8 Å². The minimum Gasteiger partial charge on any atom is -0.351 e. The third-order valence-corrected chi connectivity index (χ3v) is 4.16. The highest BCUT2D eigenvalue weighted by Crippen LogP contribution is 2.19. The molecule has 2 N–H and O–H groups in total. The molecule has 4 rings (SSSR count). The molecule has 0 saturated heterocycles. The molecule has 4 aromatic rings. The number of nitrogens with zero attached hydrogens (tertiary/aromatic N) is 4. The Hall–Kier alpha value is -4.34. The SMILES string of the molecule is Cc1ccccc1C(=O)Nc1nc(NC(=O)c2ccno2)n(-c2cccc(F)c2)n1. The van der Waals surface area contributed by atoms with Crippen molar-refractivity contribution < 1.29 is 18.5 Å². The predicted octanol–water partition coefficient (Wildman–Crippen LogP) is 3.21. The maximum absolute atomic E-state index is 13.7. The molecular weight excluding hydrogens is 391 g/mol. The molecule has 2 amide bonds. The lowest BCUT2D eigenvalue weighted by Gasteiger charge is -2.05. The van der Waals surface area contributed by atoms with Crippen molar-refractivity contribution in [2.45, 2.75) is 6.92 Å². The van der Waals surface area contributed by atoms with Gasteiger partial charge in [-0.2, -0.15) is 9.67 Å². The maximum Gasteiger partial charge on any atom is 0.296 e. The third-order valence-electron chi connectivity index (χ3n) is 4.16. The molecule has 2 aromatic heterocycles. The lowest BCUT2D eigenvalue weighted by Crippen LogP contribution is -2.15. The second kappa shape index (κ2) is 7.95. The molecule has 0 fully saturated rings. The highest BCUT2D eigenvalue weighted by molar-refractivity contribution is 6.05. The number of carbonyl (C=O) groups is 2. The zero-order valence-corrected chi connectivity index (χ0v) is 15.7. The number of nitrogens with one attached hydrogen (secondary N) is 2. The average Bonchev–Trinajstić information content (AvgIpc) is 3.38. The quantitative estimate of drug-likeness (QED) is 0.526. The van der Waals surface area contributed by atoms with E-state index in [-0.39, 0.29) is 17.7 Å². The number of aromatic nitrogens is 4. The summed E-state index contributed by atoms with van der Waals surface area (Å²) in [7, 11) is 0. The summed E-state index contributed by atoms with van der Waals surface area (Å²) >= 11 is 0. The standard InChI is InChI=1S/C20H15FN6O3/c1-12-5-2-3-8-15(12)17(28)23-19-25-20(24-18(29)16-9-10-22-30-16)27(26-19)14-7-4-6-13(21)11-14/h2-11H,1H3,(H2,23,24,25,26,28,29). The number of halogens is 1. The van der Waals surface area contributed by atoms with E-state index < -0.39 is 17.6 Å². The van der Waals surface area contributed by atoms with Crippen LogP contribution in [0.1, 0.15) is 26.5 Å². The largest absolute Gasteiger partial charge is 0.351 e. The number of rotatable bonds is 5. The third kappa shape index (κ3) is 3.92. The van der Waals surface area contributed by atoms with Crippen LogP contribution in [0.4, 0.5) is 16.3 Å². The van der Waals surface area contributed by atoms with Gasteiger partial charge in [0.1, 0.15) is 5.82 Å². The number of anilines is 2. The van der Waals surface area contributed by atoms with Gasteiger partial charge in [0.25, 0.3) is 17.8 Å². The molecule has 2 aromatic carbocycles. The van der Waals surface area contributed by atoms with Crippen molar-refractivity contribution in [3.8, 4) is 5.69 Å². The van der Waals surface area contributed by atoms with Crippen LogP contribution in [0.5, 0.6) is 0 Å². The normalized spacial score (nSPS) is 10.6. The molecule has 0 radical (unpaired) electrons. The van der Waals surface area contributed by atoms with Crippen molar-refractivity contribution >= 4 is 23.7 Å². The summed E-state index contributed by atoms with van der Waals surface area (Å²) in [6.45, 7) is 1.80. The van der Waals surface area contributed by atoms with Crippen molar-refractivity contribution in [2.24, 2.45) is 0 Å². The van der Waals surface area contributed by atoms with Crippen molar-refractivity contribution in [1.82, 2.24) is 19.9 Å². The second-order valence-electron chi connectivity index (χ2n) is 6.25. The molecule has 30 heavy (non-hydrogen) atoms. The van der Waals surface area contributed by atoms with Crippen molar-refractivity contribution in [1.29, 1.82) is 0 Å². The first-order valence-corrected chi connectivity index (χ1v) is 8.83. The van der Waals surface area contributed by atoms with E-state index in [9.17, 15) is 14.0 Å². The van der Waals surface area contributed by atoms with Crippen molar-refractivity contribution in [3.63, 3.8) is 0 Å². The lowest BCUT2D eigenvalue weighted by atomic mass is 10.1. The Morgan fingerprint density at radius 2 is 1.87 bits per heavy atom. The fraction of sp³-hybridized carbons (Fsp3) is 0.0500. The van der Waals surface area contributed by atoms with Gasteiger partial charge in [-0.25, -0.2) is 4.39 Å². The molecule has 2 heterocycles. The molecule has 0 aliphatic rings. The van der Waals surface area contributed by atoms with Crippen LogP contribution in [0.2, 0.25) is 0 Å². The summed E-state index contributed by atoms with van der Waals surface area (Å²) in [5, 5.41) is 12.8. The van der Waals surface area contributed by atoms with Crippen LogP contribution >= 0.6 is 0 Å². The van der Waals surface area contributed by atoms with E-state index in [1.54, 1.807) is 31.2 Å². The molecule has 0 bridgehead atoms. The highest BCUT2D eigenvalue weighted by atomic mass is 19.1. The summed E-state index contributed by atoms with van der Waals surface area (Å²) in [4.78, 5) is 29.1. The van der Waals surface area contributed by atoms with Gasteiger partial charge >= 0.3 is 0 Å². The monoisotopic (exact) mass is 406 g/mol. The number of amides is 2. The minimum atomic E-state index is -0.630. The Labute approximate surface area is 169 Å². The molecule has 0 saturated carbocycles. The summed E-state index contributed by atoms with van der Waals surface area (Å²) < 4.78 is 19.7. The fourth-order valence-electron chi connectivity index (χ4n) is 2.73. The van der Waals surface area contributed by atoms with E-state index in [1.165, 1.54) is 35.1 Å². The van der Waals surface area contributed by atoms with Gasteiger partial charge in [0.15, 0.2) is 0 Å². The van der Waals surface area contributed by atoms with E-state index in [0.717, 1.165) is 5.56 Å². The number of hydrogen-bond donors (Lipinski definition) is 2. The van der Waals surface area contributed by atoms with Crippen molar-refractivity contribution in [3.05, 3.63) is 83.5 Å². The van der Waals surface area contributed by atoms with Gasteiger partial charge in [0.2, 0.25) is 11.7 Å². The first-order valence-electron chi connectivity index (χ1n) is 8.83. The molecule has 9 nitrogen and oxygen atoms in total. The molecule has 10 heteroatoms. The van der Waals surface area contributed by atoms with E-state index in [4.69, 9.17) is 4.52 Å². The van der Waals surface area contributed by atoms with Crippen molar-refractivity contribution in [2.75, 3.05) is 10.6 Å². The van der Waals surface area contributed by atoms with Gasteiger partial charge in [-0.1, -0.05) is 29.4 Å². The van der Waals surface area contributed by atoms with E-state index in [0.29, 0.717) is 11.3 Å². The number of aryl methyl sites for hydroxylation is 1. The van der Waals surface area contributed by atoms with E-state index in [1.807, 2.05) is 6.07 Å². The Morgan fingerprint density at radius 3 is 2.60 bits per heavy atom. The summed E-state index contributed by atoms with van der Waals surface area (Å²) in [5.41, 5.74) is 1.53. The Balaban J connectivity index is 1.67. The Morgan fingerprint density at radius 1 is 1.03 bits per heavy atom. The number of hydrogen-bond acceptors (Lipinski definition) is 6. The van der Waals surface area contributed by atoms with Crippen LogP contribution < -0.4 is 10.6 Å². The first kappa shape index (κ1) is 19.0. The van der Waals surface area contributed by atoms with Crippen LogP contribution in [0.3, 0.4) is 0 Å². The predicted molar refractivity (Wildman–Crippen MR) is 105 cm³/mol. The molecule has 150 valence electrons. The molecule has 0 unspecified atom stereocenters. The van der Waals surface area contributed by atoms with E-state index in [2.05, 4.69) is 25.9 Å². The van der Waals surface area contributed by atoms with Gasteiger partial charge in [-0.3, -0.25) is 20.2 Å². The van der Waals surface area contributed by atoms with Gasteiger partial charge in [-0.15, -0.1) is 5.10 Å². The number of carbonyl (C=O) groups excluding carboxylic acids is 2. The maximum atomic E-state index is 13.7. The van der Waals surface area contributed by atoms with E-state index >= 15 is 0 Å². The van der Waals surface area contributed by atoms with Crippen LogP contribution in [0, 0.1) is 12.7 Å². The molecule has 0 aliphatic carbocycles.